The summed E-state index contributed by atoms with van der Waals surface area (Å²) < 4.78 is 48.5. The minimum Gasteiger partial charge on any atom is -0.384 e. The zero-order chi connectivity index (χ0) is 18.1. The Bertz CT molecular complexity index is 1010. The van der Waals surface area contributed by atoms with Gasteiger partial charge in [0.2, 0.25) is 20.0 Å². The third kappa shape index (κ3) is 4.10. The second-order valence-electron chi connectivity index (χ2n) is 5.09. The molecule has 24 heavy (non-hydrogen) atoms. The molecular weight excluding hydrogens is 352 g/mol. The van der Waals surface area contributed by atoms with Crippen molar-refractivity contribution < 1.29 is 16.8 Å². The monoisotopic (exact) mass is 368 g/mol. The summed E-state index contributed by atoms with van der Waals surface area (Å²) in [4.78, 5) is -0.269. The first-order chi connectivity index (χ1) is 11.0. The molecule has 128 valence electrons. The molecule has 0 unspecified atom stereocenters. The van der Waals surface area contributed by atoms with E-state index in [1.807, 2.05) is 0 Å². The maximum Gasteiger partial charge on any atom is 0.238 e. The van der Waals surface area contributed by atoms with Gasteiger partial charge in [-0.1, -0.05) is 24.3 Å². The van der Waals surface area contributed by atoms with Crippen LogP contribution in [0.4, 0.5) is 5.69 Å². The molecule has 0 aromatic heterocycles. The normalized spacial score (nSPS) is 11.9. The Morgan fingerprint density at radius 3 is 2.25 bits per heavy atom. The maximum absolute atomic E-state index is 11.7. The summed E-state index contributed by atoms with van der Waals surface area (Å²) in [7, 11) is -7.55. The molecule has 0 saturated heterocycles. The van der Waals surface area contributed by atoms with E-state index < -0.39 is 25.9 Å². The molecule has 0 amide bonds. The Kier molecular flexibility index (Phi) is 4.65. The largest absolute Gasteiger partial charge is 0.384 e. The first-order valence-corrected chi connectivity index (χ1v) is 10.0. The Morgan fingerprint density at radius 1 is 1.08 bits per heavy atom. The fraction of sp³-hybridized carbons (Fsp3) is 0.0714. The standard InChI is InChI=1S/C14H16N4O4S2/c1-23(19,20)18-10-5-2-4-9(8-10)11-6-3-7-12(24(17,21)22)13(11)14(15)16/h2-8,18H,1H3,(H3,15,16)(H2,17,21,22). The van der Waals surface area contributed by atoms with E-state index in [1.165, 1.54) is 18.2 Å². The smallest absolute Gasteiger partial charge is 0.238 e. The van der Waals surface area contributed by atoms with Crippen LogP contribution < -0.4 is 15.6 Å². The fourth-order valence-corrected chi connectivity index (χ4v) is 3.58. The van der Waals surface area contributed by atoms with Crippen molar-refractivity contribution in [2.45, 2.75) is 4.90 Å². The molecule has 8 nitrogen and oxygen atoms in total. The lowest BCUT2D eigenvalue weighted by Crippen LogP contribution is -2.21. The highest BCUT2D eigenvalue weighted by atomic mass is 32.2. The predicted octanol–water partition coefficient (Wildman–Crippen LogP) is 0.657. The molecule has 0 aliphatic rings. The Hall–Kier alpha value is -2.43. The Balaban J connectivity index is 2.70. The van der Waals surface area contributed by atoms with Gasteiger partial charge in [-0.3, -0.25) is 10.1 Å². The number of anilines is 1. The quantitative estimate of drug-likeness (QED) is 0.450. The van der Waals surface area contributed by atoms with Crippen molar-refractivity contribution in [3.8, 4) is 11.1 Å². The molecule has 2 aromatic rings. The fourth-order valence-electron chi connectivity index (χ4n) is 2.25. The second kappa shape index (κ2) is 6.23. The molecule has 0 heterocycles. The average molecular weight is 368 g/mol. The molecule has 0 bridgehead atoms. The predicted molar refractivity (Wildman–Crippen MR) is 92.7 cm³/mol. The van der Waals surface area contributed by atoms with Gasteiger partial charge in [0.15, 0.2) is 0 Å². The highest BCUT2D eigenvalue weighted by molar-refractivity contribution is 7.92. The van der Waals surface area contributed by atoms with Crippen LogP contribution in [0.1, 0.15) is 5.56 Å². The lowest BCUT2D eigenvalue weighted by Gasteiger charge is -2.13. The van der Waals surface area contributed by atoms with Crippen LogP contribution in [0, 0.1) is 5.41 Å². The summed E-state index contributed by atoms with van der Waals surface area (Å²) in [6.07, 6.45) is 1.02. The van der Waals surface area contributed by atoms with Gasteiger partial charge in [-0.05, 0) is 29.3 Å². The average Bonchev–Trinajstić information content (AvgIpc) is 2.44. The Labute approximate surface area is 140 Å². The number of nitrogens with two attached hydrogens (primary N) is 2. The summed E-state index contributed by atoms with van der Waals surface area (Å²) >= 11 is 0. The molecule has 0 fully saturated rings. The Morgan fingerprint density at radius 2 is 1.71 bits per heavy atom. The summed E-state index contributed by atoms with van der Waals surface area (Å²) in [6.45, 7) is 0. The number of nitrogen functional groups attached to an aromatic ring is 1. The zero-order valence-corrected chi connectivity index (χ0v) is 14.3. The van der Waals surface area contributed by atoms with E-state index in [0.29, 0.717) is 16.8 Å². The first-order valence-electron chi connectivity index (χ1n) is 6.57. The number of hydrogen-bond acceptors (Lipinski definition) is 5. The SMILES string of the molecule is CS(=O)(=O)Nc1cccc(-c2cccc(S(N)(=O)=O)c2C(=N)N)c1. The number of rotatable bonds is 5. The molecule has 6 N–H and O–H groups in total. The van der Waals surface area contributed by atoms with E-state index in [4.69, 9.17) is 16.3 Å². The van der Waals surface area contributed by atoms with Gasteiger partial charge in [0, 0.05) is 11.3 Å². The van der Waals surface area contributed by atoms with E-state index in [1.54, 1.807) is 24.3 Å². The molecule has 2 aromatic carbocycles. The third-order valence-electron chi connectivity index (χ3n) is 3.08. The number of sulfonamides is 2. The van der Waals surface area contributed by atoms with Gasteiger partial charge in [0.1, 0.15) is 5.84 Å². The summed E-state index contributed by atoms with van der Waals surface area (Å²) in [6, 6.07) is 10.6. The summed E-state index contributed by atoms with van der Waals surface area (Å²) in [5.41, 5.74) is 6.65. The van der Waals surface area contributed by atoms with Gasteiger partial charge >= 0.3 is 0 Å². The van der Waals surface area contributed by atoms with Crippen molar-refractivity contribution >= 4 is 31.6 Å². The zero-order valence-electron chi connectivity index (χ0n) is 12.6. The number of hydrogen-bond donors (Lipinski definition) is 4. The van der Waals surface area contributed by atoms with Gasteiger partial charge in [0.25, 0.3) is 0 Å². The minimum absolute atomic E-state index is 0.0310. The van der Waals surface area contributed by atoms with Crippen LogP contribution in [0.15, 0.2) is 47.4 Å². The number of amidine groups is 1. The van der Waals surface area contributed by atoms with E-state index in [9.17, 15) is 16.8 Å². The number of nitrogens with one attached hydrogen (secondary N) is 2. The minimum atomic E-state index is -4.08. The molecule has 10 heteroatoms. The van der Waals surface area contributed by atoms with Crippen LogP contribution in [-0.2, 0) is 20.0 Å². The molecule has 2 rings (SSSR count). The van der Waals surface area contributed by atoms with Crippen molar-refractivity contribution in [2.24, 2.45) is 10.9 Å². The molecule has 0 aliphatic heterocycles. The van der Waals surface area contributed by atoms with Crippen LogP contribution in [0.2, 0.25) is 0 Å². The molecule has 0 aliphatic carbocycles. The van der Waals surface area contributed by atoms with Gasteiger partial charge in [-0.2, -0.15) is 0 Å². The van der Waals surface area contributed by atoms with Crippen molar-refractivity contribution in [3.63, 3.8) is 0 Å². The topological polar surface area (TPSA) is 156 Å². The lowest BCUT2D eigenvalue weighted by molar-refractivity contribution is 0.597. The van der Waals surface area contributed by atoms with Crippen LogP contribution in [0.3, 0.4) is 0 Å². The van der Waals surface area contributed by atoms with Crippen LogP contribution in [-0.4, -0.2) is 28.9 Å². The molecule has 0 radical (unpaired) electrons. The lowest BCUT2D eigenvalue weighted by atomic mass is 9.98. The second-order valence-corrected chi connectivity index (χ2v) is 8.37. The maximum atomic E-state index is 11.7. The highest BCUT2D eigenvalue weighted by Gasteiger charge is 2.20. The van der Waals surface area contributed by atoms with E-state index in [0.717, 1.165) is 6.26 Å². The van der Waals surface area contributed by atoms with Crippen molar-refractivity contribution in [3.05, 3.63) is 48.0 Å². The number of benzene rings is 2. The van der Waals surface area contributed by atoms with Crippen molar-refractivity contribution in [1.29, 1.82) is 5.41 Å². The highest BCUT2D eigenvalue weighted by Crippen LogP contribution is 2.30. The van der Waals surface area contributed by atoms with Crippen molar-refractivity contribution in [1.82, 2.24) is 0 Å². The van der Waals surface area contributed by atoms with Gasteiger partial charge in [0.05, 0.1) is 11.2 Å². The van der Waals surface area contributed by atoms with Crippen LogP contribution in [0.5, 0.6) is 0 Å². The summed E-state index contributed by atoms with van der Waals surface area (Å²) in [5, 5.41) is 12.9. The van der Waals surface area contributed by atoms with Gasteiger partial charge in [-0.25, -0.2) is 22.0 Å². The summed E-state index contributed by atoms with van der Waals surface area (Å²) in [5.74, 6) is -0.462. The van der Waals surface area contributed by atoms with Crippen molar-refractivity contribution in [2.75, 3.05) is 11.0 Å². The van der Waals surface area contributed by atoms with Gasteiger partial charge in [-0.15, -0.1) is 0 Å². The number of primary sulfonamides is 1. The molecular formula is C14H16N4O4S2. The van der Waals surface area contributed by atoms with E-state index in [2.05, 4.69) is 4.72 Å². The van der Waals surface area contributed by atoms with Crippen LogP contribution >= 0.6 is 0 Å². The van der Waals surface area contributed by atoms with Crippen LogP contribution in [0.25, 0.3) is 11.1 Å². The third-order valence-corrected chi connectivity index (χ3v) is 4.64. The molecule has 0 atom stereocenters. The van der Waals surface area contributed by atoms with E-state index >= 15 is 0 Å². The molecule has 0 saturated carbocycles. The molecule has 0 spiro atoms. The van der Waals surface area contributed by atoms with E-state index in [-0.39, 0.29) is 10.5 Å². The first kappa shape index (κ1) is 17.9. The van der Waals surface area contributed by atoms with Gasteiger partial charge < -0.3 is 5.73 Å².